The van der Waals surface area contributed by atoms with Crippen molar-refractivity contribution in [3.8, 4) is 22.7 Å². The van der Waals surface area contributed by atoms with Crippen molar-refractivity contribution >= 4 is 29.4 Å². The van der Waals surface area contributed by atoms with Crippen LogP contribution in [0.15, 0.2) is 72.8 Å². The summed E-state index contributed by atoms with van der Waals surface area (Å²) in [5, 5.41) is 8.02. The van der Waals surface area contributed by atoms with Gasteiger partial charge >= 0.3 is 0 Å². The van der Waals surface area contributed by atoms with Gasteiger partial charge in [-0.1, -0.05) is 60.7 Å². The molecule has 1 aromatic heterocycles. The number of anilines is 1. The summed E-state index contributed by atoms with van der Waals surface area (Å²) in [4.78, 5) is 28.7. The molecule has 8 heteroatoms. The number of fused-ring (bicyclic) bond motifs is 1. The summed E-state index contributed by atoms with van der Waals surface area (Å²) in [7, 11) is 1.67. The minimum atomic E-state index is -0.249. The first-order chi connectivity index (χ1) is 19.5. The molecule has 204 valence electrons. The van der Waals surface area contributed by atoms with Crippen molar-refractivity contribution in [2.75, 3.05) is 24.3 Å². The van der Waals surface area contributed by atoms with Gasteiger partial charge in [0.2, 0.25) is 11.8 Å². The number of methoxy groups -OCH3 is 1. The number of aryl methyl sites for hydroxylation is 1. The summed E-state index contributed by atoms with van der Waals surface area (Å²) in [5.41, 5.74) is 6.65. The van der Waals surface area contributed by atoms with Gasteiger partial charge in [0.15, 0.2) is 0 Å². The molecule has 1 saturated carbocycles. The smallest absolute Gasteiger partial charge is 0.240 e. The van der Waals surface area contributed by atoms with Gasteiger partial charge in [-0.3, -0.25) is 14.5 Å². The molecule has 2 aliphatic rings. The number of hydrogen-bond donors (Lipinski definition) is 1. The van der Waals surface area contributed by atoms with Gasteiger partial charge in [-0.15, -0.1) is 11.8 Å². The molecule has 0 radical (unpaired) electrons. The van der Waals surface area contributed by atoms with Crippen molar-refractivity contribution in [3.63, 3.8) is 0 Å². The summed E-state index contributed by atoms with van der Waals surface area (Å²) >= 11 is 1.54. The van der Waals surface area contributed by atoms with Crippen LogP contribution in [-0.2, 0) is 9.59 Å². The molecular weight excluding hydrogens is 520 g/mol. The van der Waals surface area contributed by atoms with Gasteiger partial charge < -0.3 is 10.1 Å². The van der Waals surface area contributed by atoms with E-state index >= 15 is 0 Å². The third-order valence-electron chi connectivity index (χ3n) is 7.61. The first-order valence-corrected chi connectivity index (χ1v) is 14.6. The molecule has 1 aliphatic carbocycles. The van der Waals surface area contributed by atoms with Crippen LogP contribution in [0, 0.1) is 13.8 Å². The number of thioether (sulfide) groups is 1. The lowest BCUT2D eigenvalue weighted by Gasteiger charge is -2.24. The number of aromatic nitrogens is 2. The van der Waals surface area contributed by atoms with E-state index in [4.69, 9.17) is 9.84 Å². The third-order valence-corrected chi connectivity index (χ3v) is 8.84. The molecule has 0 saturated heterocycles. The number of amides is 2. The maximum atomic E-state index is 13.9. The first kappa shape index (κ1) is 26.2. The van der Waals surface area contributed by atoms with Crippen LogP contribution in [0.4, 0.5) is 5.82 Å². The number of benzene rings is 3. The Morgan fingerprint density at radius 3 is 2.52 bits per heavy atom. The lowest BCUT2D eigenvalue weighted by Crippen LogP contribution is -2.43. The third kappa shape index (κ3) is 4.88. The Bertz CT molecular complexity index is 1580. The van der Waals surface area contributed by atoms with Crippen LogP contribution in [0.1, 0.15) is 40.3 Å². The Morgan fingerprint density at radius 2 is 1.77 bits per heavy atom. The Morgan fingerprint density at radius 1 is 1.02 bits per heavy atom. The van der Waals surface area contributed by atoms with E-state index in [9.17, 15) is 9.59 Å². The molecule has 7 nitrogen and oxygen atoms in total. The van der Waals surface area contributed by atoms with E-state index in [1.165, 1.54) is 0 Å². The van der Waals surface area contributed by atoms with Gasteiger partial charge in [0, 0.05) is 22.7 Å². The quantitative estimate of drug-likeness (QED) is 0.322. The molecule has 1 aliphatic heterocycles. The number of para-hydroxylation sites is 1. The van der Waals surface area contributed by atoms with Crippen LogP contribution in [0.5, 0.6) is 5.75 Å². The van der Waals surface area contributed by atoms with Crippen molar-refractivity contribution in [2.24, 2.45) is 0 Å². The van der Waals surface area contributed by atoms with Crippen LogP contribution in [0.25, 0.3) is 16.9 Å². The van der Waals surface area contributed by atoms with Gasteiger partial charge in [0.05, 0.1) is 29.5 Å². The number of nitrogens with zero attached hydrogens (tertiary/aromatic N) is 3. The van der Waals surface area contributed by atoms with E-state index in [1.807, 2.05) is 71.4 Å². The zero-order chi connectivity index (χ0) is 27.8. The van der Waals surface area contributed by atoms with Gasteiger partial charge in [-0.2, -0.15) is 5.10 Å². The predicted octanol–water partition coefficient (Wildman–Crippen LogP) is 5.61. The molecule has 6 rings (SSSR count). The summed E-state index contributed by atoms with van der Waals surface area (Å²) in [6, 6.07) is 24.3. The number of rotatable bonds is 7. The minimum absolute atomic E-state index is 0.0632. The highest BCUT2D eigenvalue weighted by molar-refractivity contribution is 8.00. The second kappa shape index (κ2) is 10.8. The number of ether oxygens (including phenoxy) is 1. The Labute approximate surface area is 238 Å². The lowest BCUT2D eigenvalue weighted by molar-refractivity contribution is -0.123. The van der Waals surface area contributed by atoms with Gasteiger partial charge in [0.25, 0.3) is 0 Å². The Kier molecular flexibility index (Phi) is 7.11. The fourth-order valence-corrected chi connectivity index (χ4v) is 6.46. The molecule has 0 spiro atoms. The first-order valence-electron chi connectivity index (χ1n) is 13.6. The highest BCUT2D eigenvalue weighted by atomic mass is 32.2. The van der Waals surface area contributed by atoms with E-state index < -0.39 is 0 Å². The summed E-state index contributed by atoms with van der Waals surface area (Å²) in [5.74, 6) is 1.31. The molecule has 4 aromatic rings. The molecular formula is C32H32N4O3S. The van der Waals surface area contributed by atoms with E-state index in [2.05, 4.69) is 25.2 Å². The average Bonchev–Trinajstić information content (AvgIpc) is 3.73. The number of nitrogens with one attached hydrogen (secondary N) is 1. The fourth-order valence-electron chi connectivity index (χ4n) is 5.23. The van der Waals surface area contributed by atoms with Crippen LogP contribution in [0.2, 0.25) is 0 Å². The predicted molar refractivity (Wildman–Crippen MR) is 159 cm³/mol. The monoisotopic (exact) mass is 552 g/mol. The second-order valence-electron chi connectivity index (χ2n) is 10.3. The van der Waals surface area contributed by atoms with Crippen LogP contribution in [0.3, 0.4) is 0 Å². The maximum absolute atomic E-state index is 13.9. The van der Waals surface area contributed by atoms with Crippen LogP contribution < -0.4 is 15.0 Å². The van der Waals surface area contributed by atoms with E-state index in [0.717, 1.165) is 57.8 Å². The highest BCUT2D eigenvalue weighted by Crippen LogP contribution is 2.50. The Balaban J connectivity index is 1.64. The molecule has 0 bridgehead atoms. The lowest BCUT2D eigenvalue weighted by atomic mass is 9.98. The topological polar surface area (TPSA) is 76.5 Å². The zero-order valence-corrected chi connectivity index (χ0v) is 23.7. The Hall–Kier alpha value is -4.04. The zero-order valence-electron chi connectivity index (χ0n) is 22.9. The molecule has 1 N–H and O–H groups in total. The average molecular weight is 553 g/mol. The summed E-state index contributed by atoms with van der Waals surface area (Å²) in [6.45, 7) is 4.07. The van der Waals surface area contributed by atoms with E-state index in [1.54, 1.807) is 23.8 Å². The maximum Gasteiger partial charge on any atom is 0.240 e. The molecule has 1 atom stereocenters. The van der Waals surface area contributed by atoms with E-state index in [0.29, 0.717) is 5.82 Å². The highest BCUT2D eigenvalue weighted by Gasteiger charge is 2.39. The second-order valence-corrected chi connectivity index (χ2v) is 11.4. The van der Waals surface area contributed by atoms with Crippen molar-refractivity contribution in [2.45, 2.75) is 38.0 Å². The number of carbonyl (C=O) groups is 2. The molecule has 2 amide bonds. The van der Waals surface area contributed by atoms with Crippen LogP contribution >= 0.6 is 11.8 Å². The van der Waals surface area contributed by atoms with Gasteiger partial charge in [-0.05, 0) is 49.9 Å². The molecule has 1 fully saturated rings. The normalized spacial score (nSPS) is 16.8. The van der Waals surface area contributed by atoms with Gasteiger partial charge in [0.1, 0.15) is 18.1 Å². The fraction of sp³-hybridized carbons (Fsp3) is 0.281. The largest absolute Gasteiger partial charge is 0.496 e. The number of carbonyl (C=O) groups excluding carboxylic acids is 2. The molecule has 40 heavy (non-hydrogen) atoms. The summed E-state index contributed by atoms with van der Waals surface area (Å²) < 4.78 is 7.66. The standard InChI is InChI=1S/C32H32N4O3S/c1-20-10-9-14-25(21(20)2)36-32-29(30(34-36)22-11-5-4-6-12-22)31(24-13-7-8-15-26(24)39-3)40-19-28(38)35(32)18-27(37)33-23-16-17-23/h4-15,23,31H,16-19H2,1-3H3,(H,33,37). The molecule has 3 aromatic carbocycles. The number of hydrogen-bond acceptors (Lipinski definition) is 5. The minimum Gasteiger partial charge on any atom is -0.496 e. The van der Waals surface area contributed by atoms with Crippen LogP contribution in [-0.4, -0.2) is 47.0 Å². The summed E-state index contributed by atoms with van der Waals surface area (Å²) in [6.07, 6.45) is 1.96. The van der Waals surface area contributed by atoms with Gasteiger partial charge in [-0.25, -0.2) is 4.68 Å². The SMILES string of the molecule is COc1ccccc1C1SCC(=O)N(CC(=O)NC2CC2)c2c1c(-c1ccccc1)nn2-c1cccc(C)c1C. The molecule has 2 heterocycles. The van der Waals surface area contributed by atoms with Crippen molar-refractivity contribution in [3.05, 3.63) is 95.1 Å². The van der Waals surface area contributed by atoms with E-state index in [-0.39, 0.29) is 35.4 Å². The van der Waals surface area contributed by atoms with Crippen molar-refractivity contribution < 1.29 is 14.3 Å². The van der Waals surface area contributed by atoms with Crippen molar-refractivity contribution in [1.29, 1.82) is 0 Å². The van der Waals surface area contributed by atoms with Crippen molar-refractivity contribution in [1.82, 2.24) is 15.1 Å². The molecule has 1 unspecified atom stereocenters.